The Morgan fingerprint density at radius 3 is 2.71 bits per heavy atom. The Morgan fingerprint density at radius 1 is 1.43 bits per heavy atom. The number of unbranched alkanes of at least 4 members (excludes halogenated alkanes) is 1. The first-order valence-corrected chi connectivity index (χ1v) is 5.15. The number of carbonyl (C=O) groups excluding carboxylic acids is 1. The summed E-state index contributed by atoms with van der Waals surface area (Å²) in [7, 11) is 0. The van der Waals surface area contributed by atoms with Crippen LogP contribution >= 0.6 is 0 Å². The number of rotatable bonds is 6. The fraction of sp³-hybridized carbons (Fsp3) is 0.583. The zero-order chi connectivity index (χ0) is 10.8. The monoisotopic (exact) mass is 196 g/mol. The Kier molecular flexibility index (Phi) is 7.90. The molecule has 0 N–H and O–H groups in total. The molecule has 0 heterocycles. The molecule has 14 heavy (non-hydrogen) atoms. The van der Waals surface area contributed by atoms with E-state index in [2.05, 4.69) is 6.92 Å². The van der Waals surface area contributed by atoms with Crippen molar-refractivity contribution in [3.8, 4) is 0 Å². The van der Waals surface area contributed by atoms with Gasteiger partial charge in [-0.2, -0.15) is 0 Å². The third-order valence-corrected chi connectivity index (χ3v) is 1.93. The van der Waals surface area contributed by atoms with Gasteiger partial charge in [0.15, 0.2) is 0 Å². The van der Waals surface area contributed by atoms with Gasteiger partial charge in [-0.25, -0.2) is 4.79 Å². The van der Waals surface area contributed by atoms with Crippen LogP contribution in [0.3, 0.4) is 0 Å². The normalized spacial score (nSPS) is 12.1. The van der Waals surface area contributed by atoms with Crippen LogP contribution in [0.5, 0.6) is 0 Å². The van der Waals surface area contributed by atoms with Gasteiger partial charge in [0.2, 0.25) is 0 Å². The maximum absolute atomic E-state index is 11.1. The summed E-state index contributed by atoms with van der Waals surface area (Å²) in [6.45, 7) is 6.62. The lowest BCUT2D eigenvalue weighted by Gasteiger charge is -1.98. The van der Waals surface area contributed by atoms with E-state index in [1.807, 2.05) is 26.0 Å². The molecule has 0 aliphatic carbocycles. The van der Waals surface area contributed by atoms with Crippen molar-refractivity contribution in [3.05, 3.63) is 23.8 Å². The fourth-order valence-corrected chi connectivity index (χ4v) is 0.824. The molecule has 0 unspecified atom stereocenters. The Balaban J connectivity index is 3.61. The zero-order valence-electron chi connectivity index (χ0n) is 9.38. The molecule has 0 amide bonds. The topological polar surface area (TPSA) is 26.3 Å². The van der Waals surface area contributed by atoms with Gasteiger partial charge in [0, 0.05) is 6.08 Å². The lowest BCUT2D eigenvalue weighted by atomic mass is 10.2. The highest BCUT2D eigenvalue weighted by Crippen LogP contribution is 2.00. The van der Waals surface area contributed by atoms with Crippen LogP contribution in [-0.2, 0) is 9.53 Å². The van der Waals surface area contributed by atoms with E-state index in [-0.39, 0.29) is 5.97 Å². The molecule has 0 fully saturated rings. The summed E-state index contributed by atoms with van der Waals surface area (Å²) in [6.07, 6.45) is 8.18. The molecule has 0 radical (unpaired) electrons. The molecular weight excluding hydrogens is 176 g/mol. The van der Waals surface area contributed by atoms with Gasteiger partial charge in [-0.15, -0.1) is 0 Å². The lowest BCUT2D eigenvalue weighted by Crippen LogP contribution is -2.01. The smallest absolute Gasteiger partial charge is 0.330 e. The number of hydrogen-bond donors (Lipinski definition) is 0. The van der Waals surface area contributed by atoms with Crippen LogP contribution in [0, 0.1) is 0 Å². The molecule has 0 spiro atoms. The van der Waals surface area contributed by atoms with Gasteiger partial charge in [0.1, 0.15) is 0 Å². The number of allylic oxidation sites excluding steroid dienone is 3. The van der Waals surface area contributed by atoms with E-state index in [0.29, 0.717) is 6.61 Å². The van der Waals surface area contributed by atoms with E-state index < -0.39 is 0 Å². The van der Waals surface area contributed by atoms with Crippen LogP contribution in [0.2, 0.25) is 0 Å². The van der Waals surface area contributed by atoms with Crippen molar-refractivity contribution in [2.24, 2.45) is 0 Å². The van der Waals surface area contributed by atoms with Crippen LogP contribution in [0.1, 0.15) is 40.0 Å². The molecule has 0 rings (SSSR count). The minimum atomic E-state index is -0.234. The van der Waals surface area contributed by atoms with Gasteiger partial charge < -0.3 is 4.74 Å². The molecule has 0 aromatic heterocycles. The van der Waals surface area contributed by atoms with Gasteiger partial charge in [0.05, 0.1) is 6.61 Å². The van der Waals surface area contributed by atoms with E-state index in [1.165, 1.54) is 11.6 Å². The highest BCUT2D eigenvalue weighted by Gasteiger charge is 1.94. The van der Waals surface area contributed by atoms with Crippen molar-refractivity contribution in [2.75, 3.05) is 6.61 Å². The van der Waals surface area contributed by atoms with Crippen LogP contribution in [-0.4, -0.2) is 12.6 Å². The first-order chi connectivity index (χ1) is 6.70. The fourth-order valence-electron chi connectivity index (χ4n) is 0.824. The van der Waals surface area contributed by atoms with Gasteiger partial charge in [0.25, 0.3) is 0 Å². The summed E-state index contributed by atoms with van der Waals surface area (Å²) in [5.74, 6) is -0.234. The highest BCUT2D eigenvalue weighted by molar-refractivity contribution is 5.81. The summed E-state index contributed by atoms with van der Waals surface area (Å²) in [4.78, 5) is 11.1. The molecule has 80 valence electrons. The average Bonchev–Trinajstić information content (AvgIpc) is 2.18. The van der Waals surface area contributed by atoms with Crippen LogP contribution in [0.4, 0.5) is 0 Å². The molecule has 2 nitrogen and oxygen atoms in total. The van der Waals surface area contributed by atoms with Gasteiger partial charge in [-0.1, -0.05) is 31.1 Å². The number of esters is 1. The molecular formula is C12H20O2. The Morgan fingerprint density at radius 2 is 2.14 bits per heavy atom. The maximum atomic E-state index is 11.1. The first-order valence-electron chi connectivity index (χ1n) is 5.15. The number of carbonyl (C=O) groups is 1. The van der Waals surface area contributed by atoms with E-state index in [1.54, 1.807) is 0 Å². The lowest BCUT2D eigenvalue weighted by molar-refractivity contribution is -0.137. The summed E-state index contributed by atoms with van der Waals surface area (Å²) in [5, 5.41) is 0. The largest absolute Gasteiger partial charge is 0.463 e. The molecule has 0 aliphatic rings. The van der Waals surface area contributed by atoms with E-state index in [4.69, 9.17) is 4.74 Å². The summed E-state index contributed by atoms with van der Waals surface area (Å²) >= 11 is 0. The molecule has 0 saturated carbocycles. The third kappa shape index (κ3) is 7.59. The summed E-state index contributed by atoms with van der Waals surface area (Å²) in [6, 6.07) is 0. The summed E-state index contributed by atoms with van der Waals surface area (Å²) < 4.78 is 4.95. The van der Waals surface area contributed by atoms with Crippen molar-refractivity contribution in [1.29, 1.82) is 0 Å². The maximum Gasteiger partial charge on any atom is 0.330 e. The van der Waals surface area contributed by atoms with Crippen LogP contribution in [0.15, 0.2) is 23.8 Å². The Labute approximate surface area is 86.6 Å². The second-order valence-corrected chi connectivity index (χ2v) is 3.26. The second kappa shape index (κ2) is 8.54. The number of ether oxygens (including phenoxy) is 1. The van der Waals surface area contributed by atoms with Crippen LogP contribution < -0.4 is 0 Å². The van der Waals surface area contributed by atoms with Crippen molar-refractivity contribution in [1.82, 2.24) is 0 Å². The van der Waals surface area contributed by atoms with Crippen molar-refractivity contribution < 1.29 is 9.53 Å². The third-order valence-electron chi connectivity index (χ3n) is 1.93. The molecule has 0 atom stereocenters. The van der Waals surface area contributed by atoms with Gasteiger partial charge >= 0.3 is 5.97 Å². The zero-order valence-corrected chi connectivity index (χ0v) is 9.38. The minimum Gasteiger partial charge on any atom is -0.463 e. The first kappa shape index (κ1) is 12.9. The second-order valence-electron chi connectivity index (χ2n) is 3.26. The predicted octanol–water partition coefficient (Wildman–Crippen LogP) is 3.24. The van der Waals surface area contributed by atoms with Crippen LogP contribution in [0.25, 0.3) is 0 Å². The van der Waals surface area contributed by atoms with Crippen molar-refractivity contribution in [2.45, 2.75) is 40.0 Å². The summed E-state index contributed by atoms with van der Waals surface area (Å²) in [5.41, 5.74) is 1.25. The van der Waals surface area contributed by atoms with E-state index >= 15 is 0 Å². The average molecular weight is 196 g/mol. The van der Waals surface area contributed by atoms with E-state index in [9.17, 15) is 4.79 Å². The predicted molar refractivity (Wildman–Crippen MR) is 59.1 cm³/mol. The number of hydrogen-bond acceptors (Lipinski definition) is 2. The van der Waals surface area contributed by atoms with Gasteiger partial charge in [-0.05, 0) is 26.7 Å². The molecule has 0 aromatic carbocycles. The van der Waals surface area contributed by atoms with Gasteiger partial charge in [-0.3, -0.25) is 0 Å². The molecule has 2 heteroatoms. The van der Waals surface area contributed by atoms with Crippen molar-refractivity contribution in [3.63, 3.8) is 0 Å². The Bertz CT molecular complexity index is 214. The molecule has 0 bridgehead atoms. The quantitative estimate of drug-likeness (QED) is 0.282. The molecule has 0 saturated heterocycles. The molecule has 0 aromatic rings. The Hall–Kier alpha value is -1.05. The van der Waals surface area contributed by atoms with Crippen molar-refractivity contribution >= 4 is 5.97 Å². The molecule has 0 aliphatic heterocycles. The minimum absolute atomic E-state index is 0.234. The van der Waals surface area contributed by atoms with E-state index in [0.717, 1.165) is 19.3 Å². The highest BCUT2D eigenvalue weighted by atomic mass is 16.5. The SMILES string of the molecule is C/C=C(/C)C/C=C/C(=O)OCCCC. The standard InChI is InChI=1S/C12H20O2/c1-4-6-10-14-12(13)9-7-8-11(3)5-2/h5,7,9H,4,6,8,10H2,1-3H3/b9-7+,11-5-.